The van der Waals surface area contributed by atoms with Crippen LogP contribution in [0, 0.1) is 0 Å². The van der Waals surface area contributed by atoms with E-state index in [-0.39, 0.29) is 4.90 Å². The molecule has 0 radical (unpaired) electrons. The first-order chi connectivity index (χ1) is 11.9. The van der Waals surface area contributed by atoms with Crippen LogP contribution in [0.1, 0.15) is 0 Å². The van der Waals surface area contributed by atoms with Crippen molar-refractivity contribution in [2.24, 2.45) is 0 Å². The lowest BCUT2D eigenvalue weighted by Gasteiger charge is -2.09. The van der Waals surface area contributed by atoms with Gasteiger partial charge in [-0.05, 0) is 30.3 Å². The molecule has 1 heterocycles. The van der Waals surface area contributed by atoms with Gasteiger partial charge in [-0.15, -0.1) is 0 Å². The molecule has 0 saturated heterocycles. The molecule has 130 valence electrons. The molecule has 7 nitrogen and oxygen atoms in total. The van der Waals surface area contributed by atoms with Crippen molar-refractivity contribution in [2.75, 3.05) is 24.0 Å². The summed E-state index contributed by atoms with van der Waals surface area (Å²) in [7, 11) is -1.77. The van der Waals surface area contributed by atoms with Crippen LogP contribution in [0.15, 0.2) is 47.4 Å². The lowest BCUT2D eigenvalue weighted by molar-refractivity contribution is 0.262. The van der Waals surface area contributed by atoms with Crippen LogP contribution in [0.4, 0.5) is 15.6 Å². The molecule has 0 bridgehead atoms. The van der Waals surface area contributed by atoms with Crippen LogP contribution in [0.2, 0.25) is 0 Å². The number of carbonyl (C=O) groups excluding carboxylic acids is 1. The molecule has 0 aliphatic carbocycles. The van der Waals surface area contributed by atoms with Gasteiger partial charge in [0, 0.05) is 6.26 Å². The highest BCUT2D eigenvalue weighted by Crippen LogP contribution is 2.29. The van der Waals surface area contributed by atoms with Crippen molar-refractivity contribution in [1.82, 2.24) is 4.98 Å². The standard InChI is InChI=1S/C16H15N3O4S2/c1-23-13-6-4-3-5-11(13)17-15(20)19-16-18-12-8-7-10(25(2,21)22)9-14(12)24-16/h3-9H,1-2H3,(H2,17,18,19,20). The molecular formula is C16H15N3O4S2. The summed E-state index contributed by atoms with van der Waals surface area (Å²) in [4.78, 5) is 16.6. The van der Waals surface area contributed by atoms with Gasteiger partial charge in [-0.25, -0.2) is 18.2 Å². The van der Waals surface area contributed by atoms with Crippen molar-refractivity contribution in [3.8, 4) is 5.75 Å². The number of nitrogens with one attached hydrogen (secondary N) is 2. The summed E-state index contributed by atoms with van der Waals surface area (Å²) in [5.41, 5.74) is 1.15. The maximum absolute atomic E-state index is 12.1. The molecule has 3 rings (SSSR count). The summed E-state index contributed by atoms with van der Waals surface area (Å²) in [5, 5.41) is 5.70. The average Bonchev–Trinajstić information content (AvgIpc) is 2.95. The average molecular weight is 377 g/mol. The van der Waals surface area contributed by atoms with Crippen LogP contribution >= 0.6 is 11.3 Å². The number of urea groups is 1. The summed E-state index contributed by atoms with van der Waals surface area (Å²) in [6.07, 6.45) is 1.15. The predicted molar refractivity (Wildman–Crippen MR) is 98.4 cm³/mol. The van der Waals surface area contributed by atoms with Gasteiger partial charge in [-0.1, -0.05) is 23.5 Å². The van der Waals surface area contributed by atoms with E-state index < -0.39 is 15.9 Å². The molecule has 3 aromatic rings. The van der Waals surface area contributed by atoms with Crippen molar-refractivity contribution in [3.63, 3.8) is 0 Å². The van der Waals surface area contributed by atoms with Crippen LogP contribution in [0.3, 0.4) is 0 Å². The lowest BCUT2D eigenvalue weighted by Crippen LogP contribution is -2.19. The smallest absolute Gasteiger partial charge is 0.325 e. The number of fused-ring (bicyclic) bond motifs is 1. The molecule has 0 fully saturated rings. The second-order valence-corrected chi connectivity index (χ2v) is 8.25. The first-order valence-electron chi connectivity index (χ1n) is 7.18. The van der Waals surface area contributed by atoms with E-state index in [1.54, 1.807) is 36.4 Å². The number of hydrogen-bond acceptors (Lipinski definition) is 6. The SMILES string of the molecule is COc1ccccc1NC(=O)Nc1nc2ccc(S(C)(=O)=O)cc2s1. The lowest BCUT2D eigenvalue weighted by atomic mass is 10.3. The minimum absolute atomic E-state index is 0.216. The molecular weight excluding hydrogens is 362 g/mol. The zero-order valence-electron chi connectivity index (χ0n) is 13.4. The fourth-order valence-electron chi connectivity index (χ4n) is 2.19. The van der Waals surface area contributed by atoms with Crippen molar-refractivity contribution >= 4 is 48.2 Å². The number of benzene rings is 2. The number of sulfone groups is 1. The number of aromatic nitrogens is 1. The molecule has 0 spiro atoms. The Morgan fingerprint density at radius 1 is 1.16 bits per heavy atom. The number of anilines is 2. The van der Waals surface area contributed by atoms with Crippen molar-refractivity contribution in [3.05, 3.63) is 42.5 Å². The van der Waals surface area contributed by atoms with Gasteiger partial charge in [-0.3, -0.25) is 5.32 Å². The first kappa shape index (κ1) is 17.2. The Morgan fingerprint density at radius 3 is 2.64 bits per heavy atom. The molecule has 2 aromatic carbocycles. The second-order valence-electron chi connectivity index (χ2n) is 5.20. The van der Waals surface area contributed by atoms with Gasteiger partial charge in [0.1, 0.15) is 5.75 Å². The highest BCUT2D eigenvalue weighted by atomic mass is 32.2. The topological polar surface area (TPSA) is 97.4 Å². The molecule has 1 aromatic heterocycles. The second kappa shape index (κ2) is 6.69. The van der Waals surface area contributed by atoms with Crippen molar-refractivity contribution in [2.45, 2.75) is 4.90 Å². The molecule has 9 heteroatoms. The number of hydrogen-bond donors (Lipinski definition) is 2. The fraction of sp³-hybridized carbons (Fsp3) is 0.125. The highest BCUT2D eigenvalue weighted by molar-refractivity contribution is 7.90. The van der Waals surface area contributed by atoms with Gasteiger partial charge in [0.2, 0.25) is 0 Å². The van der Waals surface area contributed by atoms with E-state index in [1.165, 1.54) is 24.5 Å². The van der Waals surface area contributed by atoms with E-state index in [2.05, 4.69) is 15.6 Å². The number of methoxy groups -OCH3 is 1. The quantitative estimate of drug-likeness (QED) is 0.727. The molecule has 0 aliphatic heterocycles. The Bertz CT molecular complexity index is 1040. The van der Waals surface area contributed by atoms with Crippen LogP contribution in [0.5, 0.6) is 5.75 Å². The summed E-state index contributed by atoms with van der Waals surface area (Å²) >= 11 is 1.20. The van der Waals surface area contributed by atoms with E-state index in [0.29, 0.717) is 26.8 Å². The number of rotatable bonds is 4. The number of thiazole rings is 1. The third-order valence-electron chi connectivity index (χ3n) is 3.36. The molecule has 0 unspecified atom stereocenters. The van der Waals surface area contributed by atoms with E-state index in [9.17, 15) is 13.2 Å². The zero-order valence-corrected chi connectivity index (χ0v) is 15.1. The Labute approximate surface area is 148 Å². The maximum Gasteiger partial charge on any atom is 0.325 e. The predicted octanol–water partition coefficient (Wildman–Crippen LogP) is 3.35. The maximum atomic E-state index is 12.1. The minimum Gasteiger partial charge on any atom is -0.495 e. The highest BCUT2D eigenvalue weighted by Gasteiger charge is 2.13. The molecule has 25 heavy (non-hydrogen) atoms. The van der Waals surface area contributed by atoms with Crippen molar-refractivity contribution in [1.29, 1.82) is 0 Å². The Hall–Kier alpha value is -2.65. The summed E-state index contributed by atoms with van der Waals surface area (Å²) in [5.74, 6) is 0.541. The van der Waals surface area contributed by atoms with Crippen LogP contribution in [0.25, 0.3) is 10.2 Å². The van der Waals surface area contributed by atoms with Crippen molar-refractivity contribution < 1.29 is 17.9 Å². The van der Waals surface area contributed by atoms with Gasteiger partial charge in [0.15, 0.2) is 15.0 Å². The van der Waals surface area contributed by atoms with Crippen LogP contribution in [-0.4, -0.2) is 32.8 Å². The van der Waals surface area contributed by atoms with E-state index in [1.807, 2.05) is 0 Å². The minimum atomic E-state index is -3.29. The zero-order chi connectivity index (χ0) is 18.0. The van der Waals surface area contributed by atoms with Gasteiger partial charge < -0.3 is 10.1 Å². The Morgan fingerprint density at radius 2 is 1.92 bits per heavy atom. The Kier molecular flexibility index (Phi) is 4.60. The summed E-state index contributed by atoms with van der Waals surface area (Å²) in [6, 6.07) is 11.2. The van der Waals surface area contributed by atoms with Gasteiger partial charge >= 0.3 is 6.03 Å². The molecule has 0 saturated carbocycles. The number of ether oxygens (including phenoxy) is 1. The normalized spacial score (nSPS) is 11.3. The van der Waals surface area contributed by atoms with Gasteiger partial charge in [0.25, 0.3) is 0 Å². The van der Waals surface area contributed by atoms with Crippen LogP contribution in [-0.2, 0) is 9.84 Å². The Balaban J connectivity index is 1.79. The molecule has 2 N–H and O–H groups in total. The van der Waals surface area contributed by atoms with E-state index in [4.69, 9.17) is 4.74 Å². The van der Waals surface area contributed by atoms with Crippen LogP contribution < -0.4 is 15.4 Å². The summed E-state index contributed by atoms with van der Waals surface area (Å²) < 4.78 is 29.1. The number of carbonyl (C=O) groups is 1. The number of amides is 2. The molecule has 0 atom stereocenters. The number of para-hydroxylation sites is 2. The van der Waals surface area contributed by atoms with Gasteiger partial charge in [0.05, 0.1) is 27.9 Å². The van der Waals surface area contributed by atoms with Gasteiger partial charge in [-0.2, -0.15) is 0 Å². The number of nitrogens with zero attached hydrogens (tertiary/aromatic N) is 1. The van der Waals surface area contributed by atoms with E-state index >= 15 is 0 Å². The third-order valence-corrected chi connectivity index (χ3v) is 5.41. The summed E-state index contributed by atoms with van der Waals surface area (Å²) in [6.45, 7) is 0. The molecule has 2 amide bonds. The third kappa shape index (κ3) is 3.89. The fourth-order valence-corrected chi connectivity index (χ4v) is 3.81. The molecule has 0 aliphatic rings. The largest absolute Gasteiger partial charge is 0.495 e. The first-order valence-corrected chi connectivity index (χ1v) is 9.89. The monoisotopic (exact) mass is 377 g/mol. The van der Waals surface area contributed by atoms with E-state index in [0.717, 1.165) is 6.26 Å².